The molecule has 0 radical (unpaired) electrons. The molecule has 16 heavy (non-hydrogen) atoms. The summed E-state index contributed by atoms with van der Waals surface area (Å²) in [5.74, 6) is 0.760. The first-order chi connectivity index (χ1) is 7.93. The minimum atomic E-state index is 0.739. The van der Waals surface area contributed by atoms with Crippen LogP contribution in [0.15, 0.2) is 30.3 Å². The fraction of sp³-hybridized carbons (Fsp3) is 0.600. The molecular weight excluding hydrogens is 194 g/mol. The van der Waals surface area contributed by atoms with Gasteiger partial charge in [-0.15, -0.1) is 0 Å². The smallest absolute Gasteiger partial charge is 0.0138 e. The Labute approximate surface area is 98.3 Å². The maximum Gasteiger partial charge on any atom is 0.0138 e. The first-order valence-electron chi connectivity index (χ1n) is 6.74. The Morgan fingerprint density at radius 1 is 0.875 bits per heavy atom. The highest BCUT2D eigenvalue weighted by Gasteiger charge is 2.31. The van der Waals surface area contributed by atoms with Crippen LogP contribution in [-0.4, -0.2) is 12.1 Å². The van der Waals surface area contributed by atoms with Gasteiger partial charge in [0, 0.05) is 12.1 Å². The van der Waals surface area contributed by atoms with Gasteiger partial charge in [-0.05, 0) is 37.2 Å². The minimum Gasteiger partial charge on any atom is -0.311 e. The van der Waals surface area contributed by atoms with E-state index in [1.54, 1.807) is 5.56 Å². The lowest BCUT2D eigenvalue weighted by Crippen LogP contribution is -2.38. The van der Waals surface area contributed by atoms with Gasteiger partial charge >= 0.3 is 0 Å². The molecule has 2 fully saturated rings. The first kappa shape index (κ1) is 10.3. The number of nitrogens with one attached hydrogen (secondary N) is 1. The molecule has 2 aliphatic carbocycles. The lowest BCUT2D eigenvalue weighted by Gasteiger charge is -2.33. The van der Waals surface area contributed by atoms with Crippen LogP contribution in [0.4, 0.5) is 0 Å². The lowest BCUT2D eigenvalue weighted by atomic mass is 9.80. The van der Waals surface area contributed by atoms with Gasteiger partial charge in [0.05, 0.1) is 0 Å². The van der Waals surface area contributed by atoms with Crippen molar-refractivity contribution in [2.45, 2.75) is 56.5 Å². The van der Waals surface area contributed by atoms with Crippen LogP contribution in [0.25, 0.3) is 0 Å². The summed E-state index contributed by atoms with van der Waals surface area (Å²) in [6.07, 6.45) is 8.36. The second-order valence-corrected chi connectivity index (χ2v) is 5.35. The van der Waals surface area contributed by atoms with Crippen molar-refractivity contribution in [1.29, 1.82) is 0 Å². The molecule has 0 spiro atoms. The standard InChI is InChI=1S/C15H21N/c1-2-6-12(7-3-1)14-8-4-5-9-15(14)16-13-10-11-13/h1-3,6-7,13-16H,4-5,8-11H2/t14-,15+/m0/s1. The van der Waals surface area contributed by atoms with Gasteiger partial charge in [-0.2, -0.15) is 0 Å². The summed E-state index contributed by atoms with van der Waals surface area (Å²) >= 11 is 0. The second kappa shape index (κ2) is 4.58. The van der Waals surface area contributed by atoms with Gasteiger partial charge in [0.25, 0.3) is 0 Å². The predicted octanol–water partition coefficient (Wildman–Crippen LogP) is 3.46. The Balaban J connectivity index is 1.74. The summed E-state index contributed by atoms with van der Waals surface area (Å²) in [7, 11) is 0. The normalized spacial score (nSPS) is 30.2. The molecule has 1 heteroatoms. The van der Waals surface area contributed by atoms with Crippen molar-refractivity contribution in [3.05, 3.63) is 35.9 Å². The monoisotopic (exact) mass is 215 g/mol. The third-order valence-electron chi connectivity index (χ3n) is 4.02. The number of hydrogen-bond donors (Lipinski definition) is 1. The lowest BCUT2D eigenvalue weighted by molar-refractivity contribution is 0.325. The number of benzene rings is 1. The molecule has 2 saturated carbocycles. The van der Waals surface area contributed by atoms with E-state index in [2.05, 4.69) is 35.6 Å². The van der Waals surface area contributed by atoms with E-state index < -0.39 is 0 Å². The van der Waals surface area contributed by atoms with Crippen LogP contribution in [0, 0.1) is 0 Å². The van der Waals surface area contributed by atoms with Crippen molar-refractivity contribution in [2.24, 2.45) is 0 Å². The zero-order chi connectivity index (χ0) is 10.8. The molecule has 2 aliphatic rings. The molecule has 1 N–H and O–H groups in total. The first-order valence-corrected chi connectivity index (χ1v) is 6.74. The van der Waals surface area contributed by atoms with Gasteiger partial charge in [0.1, 0.15) is 0 Å². The molecule has 0 aromatic heterocycles. The topological polar surface area (TPSA) is 12.0 Å². The summed E-state index contributed by atoms with van der Waals surface area (Å²) < 4.78 is 0. The Morgan fingerprint density at radius 2 is 1.62 bits per heavy atom. The Kier molecular flexibility index (Phi) is 2.96. The van der Waals surface area contributed by atoms with Crippen molar-refractivity contribution in [3.8, 4) is 0 Å². The zero-order valence-electron chi connectivity index (χ0n) is 9.86. The van der Waals surface area contributed by atoms with Gasteiger partial charge in [-0.3, -0.25) is 0 Å². The molecule has 0 heterocycles. The van der Waals surface area contributed by atoms with E-state index in [4.69, 9.17) is 0 Å². The molecule has 1 nitrogen and oxygen atoms in total. The zero-order valence-corrected chi connectivity index (χ0v) is 9.86. The van der Waals surface area contributed by atoms with Crippen LogP contribution in [0.5, 0.6) is 0 Å². The fourth-order valence-electron chi connectivity index (χ4n) is 2.98. The van der Waals surface area contributed by atoms with Gasteiger partial charge in [-0.1, -0.05) is 43.2 Å². The SMILES string of the molecule is c1ccc([C@@H]2CCCC[C@H]2NC2CC2)cc1. The van der Waals surface area contributed by atoms with Crippen LogP contribution >= 0.6 is 0 Å². The maximum atomic E-state index is 3.84. The van der Waals surface area contributed by atoms with E-state index in [1.165, 1.54) is 38.5 Å². The molecule has 2 atom stereocenters. The van der Waals surface area contributed by atoms with Crippen LogP contribution in [-0.2, 0) is 0 Å². The number of hydrogen-bond acceptors (Lipinski definition) is 1. The Bertz CT molecular complexity index is 329. The van der Waals surface area contributed by atoms with Gasteiger partial charge in [-0.25, -0.2) is 0 Å². The Morgan fingerprint density at radius 3 is 2.38 bits per heavy atom. The van der Waals surface area contributed by atoms with Crippen molar-refractivity contribution in [3.63, 3.8) is 0 Å². The molecule has 0 aliphatic heterocycles. The molecule has 1 aromatic carbocycles. The van der Waals surface area contributed by atoms with E-state index in [9.17, 15) is 0 Å². The summed E-state index contributed by atoms with van der Waals surface area (Å²) in [5, 5.41) is 3.84. The fourth-order valence-corrected chi connectivity index (χ4v) is 2.98. The highest BCUT2D eigenvalue weighted by Crippen LogP contribution is 2.35. The van der Waals surface area contributed by atoms with Crippen molar-refractivity contribution in [1.82, 2.24) is 5.32 Å². The van der Waals surface area contributed by atoms with Gasteiger partial charge in [0.15, 0.2) is 0 Å². The van der Waals surface area contributed by atoms with Crippen LogP contribution in [0.1, 0.15) is 50.0 Å². The molecule has 0 saturated heterocycles. The average molecular weight is 215 g/mol. The third kappa shape index (κ3) is 2.30. The van der Waals surface area contributed by atoms with Gasteiger partial charge < -0.3 is 5.32 Å². The summed E-state index contributed by atoms with van der Waals surface area (Å²) in [6.45, 7) is 0. The van der Waals surface area contributed by atoms with Crippen LogP contribution in [0.2, 0.25) is 0 Å². The molecule has 0 bridgehead atoms. The number of rotatable bonds is 3. The summed E-state index contributed by atoms with van der Waals surface area (Å²) in [5.41, 5.74) is 1.54. The van der Waals surface area contributed by atoms with Gasteiger partial charge in [0.2, 0.25) is 0 Å². The molecule has 1 aromatic rings. The molecular formula is C15H21N. The highest BCUT2D eigenvalue weighted by molar-refractivity contribution is 5.22. The Hall–Kier alpha value is -0.820. The summed E-state index contributed by atoms with van der Waals surface area (Å²) in [4.78, 5) is 0. The van der Waals surface area contributed by atoms with Crippen LogP contribution in [0.3, 0.4) is 0 Å². The summed E-state index contributed by atoms with van der Waals surface area (Å²) in [6, 6.07) is 12.7. The largest absolute Gasteiger partial charge is 0.311 e. The van der Waals surface area contributed by atoms with E-state index in [0.717, 1.165) is 18.0 Å². The highest BCUT2D eigenvalue weighted by atomic mass is 15.0. The van der Waals surface area contributed by atoms with Crippen molar-refractivity contribution < 1.29 is 0 Å². The molecule has 0 amide bonds. The minimum absolute atomic E-state index is 0.739. The van der Waals surface area contributed by atoms with Crippen LogP contribution < -0.4 is 5.32 Å². The second-order valence-electron chi connectivity index (χ2n) is 5.35. The van der Waals surface area contributed by atoms with E-state index in [1.807, 2.05) is 0 Å². The quantitative estimate of drug-likeness (QED) is 0.814. The molecule has 3 rings (SSSR count). The third-order valence-corrected chi connectivity index (χ3v) is 4.02. The van der Waals surface area contributed by atoms with Crippen molar-refractivity contribution >= 4 is 0 Å². The van der Waals surface area contributed by atoms with E-state index in [-0.39, 0.29) is 0 Å². The maximum absolute atomic E-state index is 3.84. The average Bonchev–Trinajstić information content (AvgIpc) is 3.15. The molecule has 86 valence electrons. The molecule has 0 unspecified atom stereocenters. The van der Waals surface area contributed by atoms with E-state index in [0.29, 0.717) is 0 Å². The van der Waals surface area contributed by atoms with E-state index >= 15 is 0 Å². The predicted molar refractivity (Wildman–Crippen MR) is 67.6 cm³/mol. The van der Waals surface area contributed by atoms with Crippen molar-refractivity contribution in [2.75, 3.05) is 0 Å².